The van der Waals surface area contributed by atoms with Gasteiger partial charge in [-0.15, -0.1) is 0 Å². The van der Waals surface area contributed by atoms with Crippen LogP contribution in [-0.2, 0) is 14.3 Å². The molecule has 10 heteroatoms. The van der Waals surface area contributed by atoms with E-state index in [-0.39, 0.29) is 18.0 Å². The van der Waals surface area contributed by atoms with Gasteiger partial charge in [0.1, 0.15) is 18.0 Å². The van der Waals surface area contributed by atoms with Crippen molar-refractivity contribution in [3.05, 3.63) is 11.8 Å². The zero-order valence-electron chi connectivity index (χ0n) is 21.5. The Bertz CT molecular complexity index is 826. The molecule has 5 unspecified atom stereocenters. The lowest BCUT2D eigenvalue weighted by molar-refractivity contribution is -0.129. The summed E-state index contributed by atoms with van der Waals surface area (Å²) >= 11 is 0. The third-order valence-electron chi connectivity index (χ3n) is 7.87. The maximum absolute atomic E-state index is 12.3. The molecule has 4 aliphatic rings. The summed E-state index contributed by atoms with van der Waals surface area (Å²) in [7, 11) is 0. The summed E-state index contributed by atoms with van der Waals surface area (Å²) in [5.41, 5.74) is 6.91. The first-order valence-corrected chi connectivity index (χ1v) is 13.3. The monoisotopic (exact) mass is 489 g/mol. The van der Waals surface area contributed by atoms with Crippen molar-refractivity contribution in [2.45, 2.75) is 83.2 Å². The summed E-state index contributed by atoms with van der Waals surface area (Å²) in [5.74, 6) is 1.12. The molecule has 10 nitrogen and oxygen atoms in total. The third kappa shape index (κ3) is 6.16. The van der Waals surface area contributed by atoms with Crippen molar-refractivity contribution in [2.75, 3.05) is 39.4 Å². The quantitative estimate of drug-likeness (QED) is 0.401. The topological polar surface area (TPSA) is 124 Å². The third-order valence-corrected chi connectivity index (χ3v) is 7.87. The number of carbonyl (C=O) groups excluding carboxylic acids is 2. The Morgan fingerprint density at radius 1 is 1.23 bits per heavy atom. The average Bonchev–Trinajstić information content (AvgIpc) is 3.32. The van der Waals surface area contributed by atoms with Gasteiger partial charge >= 0.3 is 0 Å². The average molecular weight is 490 g/mol. The zero-order valence-corrected chi connectivity index (χ0v) is 21.5. The number of ether oxygens (including phenoxy) is 1. The number of hydrogen-bond donors (Lipinski definition) is 4. The number of carbonyl (C=O) groups is 2. The van der Waals surface area contributed by atoms with Gasteiger partial charge in [-0.05, 0) is 31.6 Å². The molecule has 3 heterocycles. The van der Waals surface area contributed by atoms with Gasteiger partial charge in [-0.2, -0.15) is 0 Å². The normalized spacial score (nSPS) is 34.2. The minimum atomic E-state index is -0.583. The molecule has 6 atom stereocenters. The Morgan fingerprint density at radius 3 is 2.66 bits per heavy atom. The highest BCUT2D eigenvalue weighted by Gasteiger charge is 2.38. The lowest BCUT2D eigenvalue weighted by Gasteiger charge is -2.41. The van der Waals surface area contributed by atoms with Crippen LogP contribution in [0.5, 0.6) is 0 Å². The molecule has 5 N–H and O–H groups in total. The first-order valence-electron chi connectivity index (χ1n) is 13.3. The fraction of sp³-hybridized carbons (Fsp3) is 0.800. The van der Waals surface area contributed by atoms with E-state index in [9.17, 15) is 9.59 Å². The number of aliphatic imine (C=N–C) groups is 1. The van der Waals surface area contributed by atoms with Crippen molar-refractivity contribution in [1.82, 2.24) is 25.8 Å². The molecule has 0 saturated carbocycles. The number of amides is 2. The van der Waals surface area contributed by atoms with Gasteiger partial charge in [-0.3, -0.25) is 19.8 Å². The molecule has 0 radical (unpaired) electrons. The van der Waals surface area contributed by atoms with Crippen molar-refractivity contribution in [1.29, 1.82) is 0 Å². The Morgan fingerprint density at radius 2 is 2.00 bits per heavy atom. The Labute approximate surface area is 209 Å². The molecule has 2 amide bonds. The highest BCUT2D eigenvalue weighted by molar-refractivity contribution is 5.91. The molecule has 0 aromatic heterocycles. The number of nitrogens with zero attached hydrogens (tertiary/aromatic N) is 3. The van der Waals surface area contributed by atoms with Gasteiger partial charge in [0.25, 0.3) is 0 Å². The van der Waals surface area contributed by atoms with Crippen LogP contribution in [0.4, 0.5) is 0 Å². The van der Waals surface area contributed by atoms with Crippen LogP contribution >= 0.6 is 0 Å². The fourth-order valence-electron chi connectivity index (χ4n) is 5.83. The van der Waals surface area contributed by atoms with E-state index in [1.807, 2.05) is 11.8 Å². The van der Waals surface area contributed by atoms with E-state index in [4.69, 9.17) is 15.5 Å². The van der Waals surface area contributed by atoms with Crippen LogP contribution in [0.1, 0.15) is 52.9 Å². The number of likely N-dealkylation sites (tertiary alicyclic amines) is 1. The van der Waals surface area contributed by atoms with Crippen LogP contribution in [0.25, 0.3) is 0 Å². The number of hydrogen-bond acceptors (Lipinski definition) is 8. The van der Waals surface area contributed by atoms with E-state index in [0.29, 0.717) is 24.9 Å². The van der Waals surface area contributed by atoms with Crippen LogP contribution in [0.15, 0.2) is 16.8 Å². The second kappa shape index (κ2) is 11.7. The van der Waals surface area contributed by atoms with Crippen molar-refractivity contribution in [3.63, 3.8) is 0 Å². The predicted octanol–water partition coefficient (Wildman–Crippen LogP) is 0.151. The summed E-state index contributed by atoms with van der Waals surface area (Å²) in [6, 6.07) is 0.0168. The van der Waals surface area contributed by atoms with E-state index in [0.717, 1.165) is 70.1 Å². The number of morpholine rings is 1. The minimum absolute atomic E-state index is 0.0774. The first-order chi connectivity index (χ1) is 16.9. The van der Waals surface area contributed by atoms with Gasteiger partial charge in [0.05, 0.1) is 19.3 Å². The molecular weight excluding hydrogens is 446 g/mol. The first kappa shape index (κ1) is 25.9. The molecule has 0 bridgehead atoms. The Hall–Kier alpha value is -2.17. The van der Waals surface area contributed by atoms with Crippen LogP contribution < -0.4 is 21.7 Å². The van der Waals surface area contributed by atoms with E-state index >= 15 is 0 Å². The lowest BCUT2D eigenvalue weighted by Crippen LogP contribution is -2.64. The Kier molecular flexibility index (Phi) is 8.67. The summed E-state index contributed by atoms with van der Waals surface area (Å²) in [5, 5.41) is 10.5. The second-order valence-electron chi connectivity index (χ2n) is 10.3. The Balaban J connectivity index is 1.45. The van der Waals surface area contributed by atoms with Crippen molar-refractivity contribution >= 4 is 17.6 Å². The SMILES string of the molecule is CCC(=O)N1CC[C@@H](NC2=NC(NC3=CCC(N4CCOCC4)C(C)C3)C(C(N)=O)NC2CC)C1. The van der Waals surface area contributed by atoms with E-state index in [1.54, 1.807) is 0 Å². The summed E-state index contributed by atoms with van der Waals surface area (Å²) in [4.78, 5) is 33.9. The van der Waals surface area contributed by atoms with Crippen molar-refractivity contribution < 1.29 is 14.3 Å². The number of amidine groups is 1. The molecule has 35 heavy (non-hydrogen) atoms. The molecular formula is C25H43N7O3. The zero-order chi connectivity index (χ0) is 24.9. The van der Waals surface area contributed by atoms with Crippen LogP contribution in [-0.4, -0.2) is 97.2 Å². The molecule has 2 fully saturated rings. The molecule has 4 rings (SSSR count). The maximum Gasteiger partial charge on any atom is 0.238 e. The number of primary amides is 1. The van der Waals surface area contributed by atoms with Gasteiger partial charge in [0.2, 0.25) is 11.8 Å². The van der Waals surface area contributed by atoms with Crippen LogP contribution in [0, 0.1) is 5.92 Å². The number of nitrogens with two attached hydrogens (primary N) is 1. The maximum atomic E-state index is 12.3. The fourth-order valence-corrected chi connectivity index (χ4v) is 5.83. The second-order valence-corrected chi connectivity index (χ2v) is 10.3. The van der Waals surface area contributed by atoms with Crippen molar-refractivity contribution in [3.8, 4) is 0 Å². The molecule has 196 valence electrons. The largest absolute Gasteiger partial charge is 0.379 e. The lowest BCUT2D eigenvalue weighted by atomic mass is 9.87. The van der Waals surface area contributed by atoms with Gasteiger partial charge < -0.3 is 26.0 Å². The number of nitrogens with one attached hydrogen (secondary N) is 3. The molecule has 1 aliphatic carbocycles. The van der Waals surface area contributed by atoms with Gasteiger partial charge in [0, 0.05) is 50.4 Å². The molecule has 2 saturated heterocycles. The summed E-state index contributed by atoms with van der Waals surface area (Å²) in [6.07, 6.45) is 5.89. The van der Waals surface area contributed by atoms with Crippen LogP contribution in [0.2, 0.25) is 0 Å². The van der Waals surface area contributed by atoms with Gasteiger partial charge in [0.15, 0.2) is 0 Å². The smallest absolute Gasteiger partial charge is 0.238 e. The standard InChI is InChI=1S/C25H43N7O3/c1-4-19-24(28-18-8-9-32(15-18)21(33)5-2)30-25(22(29-19)23(26)34)27-17-6-7-20(16(3)14-17)31-10-12-35-13-11-31/h6,16,18-20,22,25,27,29H,4-5,7-15H2,1-3H3,(H2,26,34)(H,28,30)/t16?,18-,19?,20?,22?,25?/m1/s1. The molecule has 3 aliphatic heterocycles. The number of allylic oxidation sites excluding steroid dienone is 1. The van der Waals surface area contributed by atoms with Crippen LogP contribution in [0.3, 0.4) is 0 Å². The highest BCUT2D eigenvalue weighted by atomic mass is 16.5. The molecule has 0 aromatic rings. The van der Waals surface area contributed by atoms with Gasteiger partial charge in [-0.25, -0.2) is 4.99 Å². The van der Waals surface area contributed by atoms with Gasteiger partial charge in [-0.1, -0.05) is 26.8 Å². The van der Waals surface area contributed by atoms with E-state index < -0.39 is 18.1 Å². The minimum Gasteiger partial charge on any atom is -0.379 e. The molecule has 0 spiro atoms. The molecule has 0 aromatic carbocycles. The summed E-state index contributed by atoms with van der Waals surface area (Å²) < 4.78 is 5.52. The van der Waals surface area contributed by atoms with E-state index in [1.165, 1.54) is 0 Å². The predicted molar refractivity (Wildman–Crippen MR) is 136 cm³/mol. The summed E-state index contributed by atoms with van der Waals surface area (Å²) in [6.45, 7) is 11.3. The number of rotatable bonds is 7. The highest BCUT2D eigenvalue weighted by Crippen LogP contribution is 2.28. The van der Waals surface area contributed by atoms with Crippen molar-refractivity contribution in [2.24, 2.45) is 16.6 Å². The van der Waals surface area contributed by atoms with E-state index in [2.05, 4.69) is 40.8 Å².